The molecule has 1 aromatic rings. The number of aryl methyl sites for hydroxylation is 1. The van der Waals surface area contributed by atoms with E-state index in [0.29, 0.717) is 25.8 Å². The number of rotatable bonds is 5. The Morgan fingerprint density at radius 1 is 1.44 bits per heavy atom. The van der Waals surface area contributed by atoms with Crippen LogP contribution >= 0.6 is 12.6 Å². The lowest BCUT2D eigenvalue weighted by molar-refractivity contribution is -0.142. The smallest absolute Gasteiger partial charge is 0.522 e. The highest BCUT2D eigenvalue weighted by Gasteiger charge is 2.40. The molecule has 0 spiro atoms. The summed E-state index contributed by atoms with van der Waals surface area (Å²) >= 11 is 4.34. The monoisotopic (exact) mass is 394 g/mol. The molecule has 1 aromatic carbocycles. The van der Waals surface area contributed by atoms with Crippen LogP contribution in [0.5, 0.6) is 11.5 Å². The number of aromatic carboxylic acids is 1. The third kappa shape index (κ3) is 4.02. The molecular weight excluding hydrogens is 371 g/mol. The van der Waals surface area contributed by atoms with Crippen molar-refractivity contribution >= 4 is 31.6 Å². The molecule has 4 N–H and O–H groups in total. The molecule has 8 nitrogen and oxygen atoms in total. The van der Waals surface area contributed by atoms with Gasteiger partial charge in [0.25, 0.3) is 0 Å². The van der Waals surface area contributed by atoms with Gasteiger partial charge in [-0.3, -0.25) is 4.79 Å². The number of amides is 1. The average molecular weight is 394 g/mol. The van der Waals surface area contributed by atoms with Gasteiger partial charge in [0.05, 0.1) is 19.1 Å². The van der Waals surface area contributed by atoms with Gasteiger partial charge in [-0.1, -0.05) is 6.07 Å². The van der Waals surface area contributed by atoms with Gasteiger partial charge in [0.2, 0.25) is 5.91 Å². The molecule has 0 aliphatic carbocycles. The molecule has 2 aliphatic heterocycles. The molecule has 0 aromatic heterocycles. The maximum Gasteiger partial charge on any atom is 0.522 e. The molecule has 0 saturated carbocycles. The number of ether oxygens (including phenoxy) is 1. The zero-order valence-electron chi connectivity index (χ0n) is 15.2. The van der Waals surface area contributed by atoms with Gasteiger partial charge in [-0.15, -0.1) is 0 Å². The summed E-state index contributed by atoms with van der Waals surface area (Å²) < 4.78 is 10.5. The van der Waals surface area contributed by atoms with Gasteiger partial charge in [0.1, 0.15) is 23.2 Å². The normalized spacial score (nSPS) is 18.3. The number of hydrogen-bond donors (Lipinski definition) is 4. The number of fused-ring (bicyclic) bond motifs is 1. The molecule has 2 aliphatic rings. The number of nitrogens with zero attached hydrogens (tertiary/aromatic N) is 1. The Bertz CT molecular complexity index is 763. The lowest BCUT2D eigenvalue weighted by atomic mass is 9.78. The summed E-state index contributed by atoms with van der Waals surface area (Å²) in [6.07, 6.45) is 0.599. The Labute approximate surface area is 163 Å². The molecular formula is C17H23BN2O6S. The highest BCUT2D eigenvalue weighted by Crippen LogP contribution is 2.37. The zero-order valence-corrected chi connectivity index (χ0v) is 16.1. The summed E-state index contributed by atoms with van der Waals surface area (Å²) in [6.45, 7) is 4.17. The fraction of sp³-hybridized carbons (Fsp3) is 0.529. The van der Waals surface area contributed by atoms with Crippen LogP contribution in [0.2, 0.25) is 6.32 Å². The van der Waals surface area contributed by atoms with Crippen molar-refractivity contribution in [3.05, 3.63) is 23.3 Å². The largest absolute Gasteiger partial charge is 0.535 e. The van der Waals surface area contributed by atoms with E-state index in [1.54, 1.807) is 30.9 Å². The summed E-state index contributed by atoms with van der Waals surface area (Å²) in [5.41, 5.74) is 6.54. The molecule has 0 bridgehead atoms. The lowest BCUT2D eigenvalue weighted by Crippen LogP contribution is -2.62. The number of carbonyl (C=O) groups is 2. The van der Waals surface area contributed by atoms with Crippen molar-refractivity contribution in [2.75, 3.05) is 13.1 Å². The van der Waals surface area contributed by atoms with E-state index in [4.69, 9.17) is 15.1 Å². The zero-order chi connectivity index (χ0) is 19.9. The molecule has 1 unspecified atom stereocenters. The first kappa shape index (κ1) is 19.8. The van der Waals surface area contributed by atoms with Crippen LogP contribution in [-0.4, -0.2) is 64.0 Å². The Hall–Kier alpha value is -1.91. The second-order valence-corrected chi connectivity index (χ2v) is 8.61. The predicted molar refractivity (Wildman–Crippen MR) is 103 cm³/mol. The van der Waals surface area contributed by atoms with Crippen molar-refractivity contribution in [2.45, 2.75) is 43.5 Å². The van der Waals surface area contributed by atoms with Crippen LogP contribution in [0.25, 0.3) is 0 Å². The summed E-state index contributed by atoms with van der Waals surface area (Å²) in [5.74, 6) is -1.11. The highest BCUT2D eigenvalue weighted by molar-refractivity contribution is 7.81. The fourth-order valence-electron chi connectivity index (χ4n) is 3.08. The van der Waals surface area contributed by atoms with Gasteiger partial charge >= 0.3 is 13.1 Å². The van der Waals surface area contributed by atoms with Crippen LogP contribution in [0.15, 0.2) is 12.1 Å². The molecule has 1 amide bonds. The Balaban J connectivity index is 1.70. The first-order chi connectivity index (χ1) is 12.6. The number of benzene rings is 1. The summed E-state index contributed by atoms with van der Waals surface area (Å²) in [7, 11) is -1.03. The lowest BCUT2D eigenvalue weighted by Gasteiger charge is -2.42. The van der Waals surface area contributed by atoms with Crippen LogP contribution in [0.3, 0.4) is 0 Å². The summed E-state index contributed by atoms with van der Waals surface area (Å²) in [5, 5.41) is 19.3. The highest BCUT2D eigenvalue weighted by atomic mass is 32.1. The van der Waals surface area contributed by atoms with Crippen LogP contribution in [0.1, 0.15) is 29.8 Å². The van der Waals surface area contributed by atoms with Gasteiger partial charge in [-0.25, -0.2) is 4.79 Å². The van der Waals surface area contributed by atoms with Gasteiger partial charge in [0.15, 0.2) is 0 Å². The second kappa shape index (κ2) is 7.25. The number of nitrogens with two attached hydrogens (primary N) is 1. The number of carboxylic acids is 1. The van der Waals surface area contributed by atoms with Gasteiger partial charge < -0.3 is 30.2 Å². The maximum atomic E-state index is 12.3. The first-order valence-electron chi connectivity index (χ1n) is 8.75. The Kier molecular flexibility index (Phi) is 5.33. The summed E-state index contributed by atoms with van der Waals surface area (Å²) in [6, 6.07) is 2.59. The third-order valence-electron chi connectivity index (χ3n) is 4.81. The van der Waals surface area contributed by atoms with Crippen molar-refractivity contribution in [1.82, 2.24) is 4.90 Å². The van der Waals surface area contributed by atoms with Crippen molar-refractivity contribution in [3.63, 3.8) is 0 Å². The third-order valence-corrected chi connectivity index (χ3v) is 5.09. The van der Waals surface area contributed by atoms with Crippen LogP contribution < -0.4 is 15.1 Å². The Morgan fingerprint density at radius 3 is 2.70 bits per heavy atom. The molecule has 1 saturated heterocycles. The molecule has 2 heterocycles. The van der Waals surface area contributed by atoms with Gasteiger partial charge in [0, 0.05) is 4.75 Å². The minimum Gasteiger partial charge on any atom is -0.535 e. The first-order valence-corrected chi connectivity index (χ1v) is 9.20. The van der Waals surface area contributed by atoms with Crippen LogP contribution in [0, 0.1) is 0 Å². The van der Waals surface area contributed by atoms with E-state index in [1.807, 2.05) is 0 Å². The number of hydrogen-bond acceptors (Lipinski definition) is 7. The van der Waals surface area contributed by atoms with Crippen molar-refractivity contribution in [2.24, 2.45) is 5.73 Å². The van der Waals surface area contributed by atoms with E-state index < -0.39 is 23.9 Å². The number of likely N-dealkylation sites (tertiary alicyclic amines) is 1. The maximum absolute atomic E-state index is 12.3. The van der Waals surface area contributed by atoms with Gasteiger partial charge in [-0.05, 0) is 38.2 Å². The van der Waals surface area contributed by atoms with Crippen molar-refractivity contribution in [3.8, 4) is 11.5 Å². The standard InChI is InChI=1S/C17H23BN2O6S/c1-17(2,27)14(19)15(21)20-7-10(8-20)25-11-4-3-9-5-6-18(24)26-13(9)12(11)16(22)23/h3-4,10,14,24,27H,5-8,19H2,1-2H3,(H,22,23). The molecule has 3 rings (SSSR count). The van der Waals surface area contributed by atoms with Crippen LogP contribution in [0.4, 0.5) is 0 Å². The topological polar surface area (TPSA) is 122 Å². The predicted octanol–water partition coefficient (Wildman–Crippen LogP) is 0.425. The van der Waals surface area contributed by atoms with Crippen molar-refractivity contribution in [1.29, 1.82) is 0 Å². The molecule has 146 valence electrons. The van der Waals surface area contributed by atoms with E-state index in [2.05, 4.69) is 12.6 Å². The van der Waals surface area contributed by atoms with E-state index in [-0.39, 0.29) is 29.1 Å². The molecule has 1 atom stereocenters. The van der Waals surface area contributed by atoms with E-state index in [1.165, 1.54) is 0 Å². The minimum absolute atomic E-state index is 0.107. The average Bonchev–Trinajstić information content (AvgIpc) is 2.54. The van der Waals surface area contributed by atoms with Crippen molar-refractivity contribution < 1.29 is 29.1 Å². The number of carboxylic acid groups (broad SMARTS) is 1. The Morgan fingerprint density at radius 2 is 2.11 bits per heavy atom. The minimum atomic E-state index is -1.19. The summed E-state index contributed by atoms with van der Waals surface area (Å²) in [4.78, 5) is 25.6. The molecule has 0 radical (unpaired) electrons. The number of carbonyl (C=O) groups excluding carboxylic acids is 1. The molecule has 1 fully saturated rings. The van der Waals surface area contributed by atoms with Crippen LogP contribution in [-0.2, 0) is 11.2 Å². The quantitative estimate of drug-likeness (QED) is 0.422. The SMILES string of the molecule is CC(C)(S)C(N)C(=O)N1CC(Oc2ccc3c(c2C(=O)O)OB(O)CC3)C1. The van der Waals surface area contributed by atoms with E-state index in [0.717, 1.165) is 5.56 Å². The van der Waals surface area contributed by atoms with Gasteiger partial charge in [-0.2, -0.15) is 12.6 Å². The van der Waals surface area contributed by atoms with E-state index in [9.17, 15) is 19.7 Å². The molecule has 27 heavy (non-hydrogen) atoms. The number of thiol groups is 1. The van der Waals surface area contributed by atoms with E-state index >= 15 is 0 Å². The second-order valence-electron chi connectivity index (χ2n) is 7.46. The molecule has 10 heteroatoms. The fourth-order valence-corrected chi connectivity index (χ4v) is 3.20.